The van der Waals surface area contributed by atoms with E-state index >= 15 is 0 Å². The van der Waals surface area contributed by atoms with Crippen LogP contribution in [0.4, 0.5) is 0 Å². The van der Waals surface area contributed by atoms with Crippen molar-refractivity contribution in [3.05, 3.63) is 22.4 Å². The van der Waals surface area contributed by atoms with Gasteiger partial charge in [0.25, 0.3) is 0 Å². The maximum Gasteiger partial charge on any atom is 0.136 e. The Morgan fingerprint density at radius 2 is 2.33 bits per heavy atom. The van der Waals surface area contributed by atoms with Crippen LogP contribution in [-0.2, 0) is 0 Å². The summed E-state index contributed by atoms with van der Waals surface area (Å²) in [6.07, 6.45) is 5.89. The minimum absolute atomic E-state index is 0.541. The zero-order valence-electron chi connectivity index (χ0n) is 9.16. The molecule has 0 amide bonds. The number of aromatic nitrogens is 1. The van der Waals surface area contributed by atoms with Crippen molar-refractivity contribution >= 4 is 15.9 Å². The first-order valence-electron chi connectivity index (χ1n) is 5.40. The molecule has 1 fully saturated rings. The van der Waals surface area contributed by atoms with Gasteiger partial charge in [-0.2, -0.15) is 0 Å². The van der Waals surface area contributed by atoms with E-state index in [9.17, 15) is 0 Å². The van der Waals surface area contributed by atoms with Crippen LogP contribution in [-0.4, -0.2) is 12.1 Å². The standard InChI is InChI=1S/C12H16BrNO/c1-8(5-9-3-4-9)11-6-12(15-2)10(13)7-14-11/h6-9H,3-5H2,1-2H3. The summed E-state index contributed by atoms with van der Waals surface area (Å²) < 4.78 is 6.19. The number of rotatable bonds is 4. The lowest BCUT2D eigenvalue weighted by atomic mass is 10.00. The van der Waals surface area contributed by atoms with Crippen LogP contribution >= 0.6 is 15.9 Å². The molecule has 15 heavy (non-hydrogen) atoms. The molecule has 1 unspecified atom stereocenters. The third-order valence-electron chi connectivity index (χ3n) is 2.95. The highest BCUT2D eigenvalue weighted by atomic mass is 79.9. The molecule has 0 radical (unpaired) electrons. The molecule has 0 aliphatic heterocycles. The molecule has 0 aromatic carbocycles. The average Bonchev–Trinajstić information content (AvgIpc) is 3.02. The topological polar surface area (TPSA) is 22.1 Å². The van der Waals surface area contributed by atoms with Crippen molar-refractivity contribution in [1.29, 1.82) is 0 Å². The molecule has 1 aromatic rings. The number of halogens is 1. The van der Waals surface area contributed by atoms with Crippen molar-refractivity contribution in [3.63, 3.8) is 0 Å². The van der Waals surface area contributed by atoms with E-state index in [1.165, 1.54) is 19.3 Å². The van der Waals surface area contributed by atoms with Crippen LogP contribution in [0.3, 0.4) is 0 Å². The van der Waals surface area contributed by atoms with Gasteiger partial charge in [-0.25, -0.2) is 0 Å². The second-order valence-electron chi connectivity index (χ2n) is 4.32. The highest BCUT2D eigenvalue weighted by Crippen LogP contribution is 2.38. The number of hydrogen-bond donors (Lipinski definition) is 0. The van der Waals surface area contributed by atoms with Crippen LogP contribution in [0.1, 0.15) is 37.8 Å². The summed E-state index contributed by atoms with van der Waals surface area (Å²) in [5.41, 5.74) is 1.14. The second-order valence-corrected chi connectivity index (χ2v) is 5.18. The van der Waals surface area contributed by atoms with Crippen LogP contribution in [0, 0.1) is 5.92 Å². The van der Waals surface area contributed by atoms with E-state index in [1.54, 1.807) is 7.11 Å². The minimum Gasteiger partial charge on any atom is -0.495 e. The first-order valence-corrected chi connectivity index (χ1v) is 6.19. The molecular weight excluding hydrogens is 254 g/mol. The summed E-state index contributed by atoms with van der Waals surface area (Å²) in [6, 6.07) is 2.04. The van der Waals surface area contributed by atoms with Gasteiger partial charge in [-0.05, 0) is 34.2 Å². The number of nitrogens with zero attached hydrogens (tertiary/aromatic N) is 1. The number of pyridine rings is 1. The predicted molar refractivity (Wildman–Crippen MR) is 64.2 cm³/mol. The summed E-state index contributed by atoms with van der Waals surface area (Å²) in [5.74, 6) is 2.36. The average molecular weight is 270 g/mol. The zero-order valence-corrected chi connectivity index (χ0v) is 10.8. The van der Waals surface area contributed by atoms with Gasteiger partial charge in [0.2, 0.25) is 0 Å². The Bertz CT molecular complexity index is 349. The van der Waals surface area contributed by atoms with Crippen LogP contribution < -0.4 is 4.74 Å². The van der Waals surface area contributed by atoms with Crippen molar-refractivity contribution in [3.8, 4) is 5.75 Å². The van der Waals surface area contributed by atoms with E-state index in [-0.39, 0.29) is 0 Å². The van der Waals surface area contributed by atoms with Crippen molar-refractivity contribution < 1.29 is 4.74 Å². The first-order chi connectivity index (χ1) is 7.20. The molecule has 0 spiro atoms. The molecule has 1 saturated carbocycles. The van der Waals surface area contributed by atoms with Crippen molar-refractivity contribution in [2.75, 3.05) is 7.11 Å². The van der Waals surface area contributed by atoms with Gasteiger partial charge in [-0.3, -0.25) is 4.98 Å². The summed E-state index contributed by atoms with van der Waals surface area (Å²) in [4.78, 5) is 4.44. The molecule has 2 rings (SSSR count). The van der Waals surface area contributed by atoms with Gasteiger partial charge in [-0.15, -0.1) is 0 Å². The van der Waals surface area contributed by atoms with E-state index in [0.29, 0.717) is 5.92 Å². The molecule has 1 heterocycles. The third-order valence-corrected chi connectivity index (χ3v) is 3.55. The summed E-state index contributed by atoms with van der Waals surface area (Å²) in [6.45, 7) is 2.24. The van der Waals surface area contributed by atoms with Gasteiger partial charge < -0.3 is 4.74 Å². The van der Waals surface area contributed by atoms with E-state index in [0.717, 1.165) is 21.8 Å². The number of hydrogen-bond acceptors (Lipinski definition) is 2. The van der Waals surface area contributed by atoms with Crippen LogP contribution in [0.5, 0.6) is 5.75 Å². The molecule has 1 aliphatic rings. The highest BCUT2D eigenvalue weighted by Gasteiger charge is 2.24. The third kappa shape index (κ3) is 2.71. The Labute approximate surface area is 99.2 Å². The summed E-state index contributed by atoms with van der Waals surface area (Å²) >= 11 is 3.42. The quantitative estimate of drug-likeness (QED) is 0.831. The van der Waals surface area contributed by atoms with Crippen molar-refractivity contribution in [2.24, 2.45) is 5.92 Å². The molecule has 3 heteroatoms. The zero-order chi connectivity index (χ0) is 10.8. The largest absolute Gasteiger partial charge is 0.495 e. The van der Waals surface area contributed by atoms with Gasteiger partial charge >= 0.3 is 0 Å². The van der Waals surface area contributed by atoms with E-state index in [4.69, 9.17) is 4.74 Å². The maximum atomic E-state index is 5.27. The molecule has 1 aliphatic carbocycles. The van der Waals surface area contributed by atoms with E-state index in [1.807, 2.05) is 12.3 Å². The smallest absolute Gasteiger partial charge is 0.136 e. The Hall–Kier alpha value is -0.570. The fourth-order valence-electron chi connectivity index (χ4n) is 1.84. The van der Waals surface area contributed by atoms with Crippen LogP contribution in [0.2, 0.25) is 0 Å². The Kier molecular flexibility index (Phi) is 3.29. The van der Waals surface area contributed by atoms with Crippen molar-refractivity contribution in [2.45, 2.75) is 32.1 Å². The monoisotopic (exact) mass is 269 g/mol. The van der Waals surface area contributed by atoms with Crippen LogP contribution in [0.25, 0.3) is 0 Å². The molecule has 0 N–H and O–H groups in total. The summed E-state index contributed by atoms with van der Waals surface area (Å²) in [7, 11) is 1.69. The predicted octanol–water partition coefficient (Wildman–Crippen LogP) is 3.76. The first kappa shape index (κ1) is 10.9. The Balaban J connectivity index is 2.12. The van der Waals surface area contributed by atoms with E-state index in [2.05, 4.69) is 27.8 Å². The molecule has 0 saturated heterocycles. The molecule has 1 aromatic heterocycles. The SMILES string of the molecule is COc1cc(C(C)CC2CC2)ncc1Br. The van der Waals surface area contributed by atoms with Crippen LogP contribution in [0.15, 0.2) is 16.7 Å². The maximum absolute atomic E-state index is 5.27. The highest BCUT2D eigenvalue weighted by molar-refractivity contribution is 9.10. The Morgan fingerprint density at radius 1 is 1.60 bits per heavy atom. The van der Waals surface area contributed by atoms with Gasteiger partial charge in [0, 0.05) is 18.0 Å². The summed E-state index contributed by atoms with van der Waals surface area (Å²) in [5, 5.41) is 0. The normalized spacial score (nSPS) is 17.5. The molecule has 1 atom stereocenters. The fraction of sp³-hybridized carbons (Fsp3) is 0.583. The molecular formula is C12H16BrNO. The van der Waals surface area contributed by atoms with Crippen molar-refractivity contribution in [1.82, 2.24) is 4.98 Å². The van der Waals surface area contributed by atoms with Gasteiger partial charge in [0.15, 0.2) is 0 Å². The second kappa shape index (κ2) is 4.52. The minimum atomic E-state index is 0.541. The fourth-order valence-corrected chi connectivity index (χ4v) is 2.21. The van der Waals surface area contributed by atoms with Gasteiger partial charge in [0.05, 0.1) is 11.6 Å². The number of ether oxygens (including phenoxy) is 1. The number of methoxy groups -OCH3 is 1. The lowest BCUT2D eigenvalue weighted by Crippen LogP contribution is -1.99. The Morgan fingerprint density at radius 3 is 2.93 bits per heavy atom. The lowest BCUT2D eigenvalue weighted by Gasteiger charge is -2.12. The van der Waals surface area contributed by atoms with Gasteiger partial charge in [-0.1, -0.05) is 19.8 Å². The molecule has 0 bridgehead atoms. The van der Waals surface area contributed by atoms with E-state index < -0.39 is 0 Å². The lowest BCUT2D eigenvalue weighted by molar-refractivity contribution is 0.410. The molecule has 2 nitrogen and oxygen atoms in total. The van der Waals surface area contributed by atoms with Gasteiger partial charge in [0.1, 0.15) is 5.75 Å². The molecule has 82 valence electrons.